The lowest BCUT2D eigenvalue weighted by atomic mass is 10.3. The zero-order valence-electron chi connectivity index (χ0n) is 8.20. The fourth-order valence-corrected chi connectivity index (χ4v) is 0.966. The first-order valence-corrected chi connectivity index (χ1v) is 4.16. The van der Waals surface area contributed by atoms with Crippen LogP contribution in [0, 0.1) is 6.92 Å². The maximum absolute atomic E-state index is 9.43. The van der Waals surface area contributed by atoms with E-state index in [0.717, 1.165) is 5.69 Å². The van der Waals surface area contributed by atoms with Gasteiger partial charge in [-0.3, -0.25) is 9.99 Å². The zero-order chi connectivity index (χ0) is 9.84. The number of pyridine rings is 1. The number of aryl methyl sites for hydroxylation is 1. The summed E-state index contributed by atoms with van der Waals surface area (Å²) in [6.45, 7) is 2.44. The third kappa shape index (κ3) is 3.01. The summed E-state index contributed by atoms with van der Waals surface area (Å²) >= 11 is 0. The maximum atomic E-state index is 9.43. The van der Waals surface area contributed by atoms with Gasteiger partial charge in [0, 0.05) is 19.8 Å². The molecule has 0 atom stereocenters. The van der Waals surface area contributed by atoms with Gasteiger partial charge in [-0.1, -0.05) is 0 Å². The highest BCUT2D eigenvalue weighted by Crippen LogP contribution is 2.13. The van der Waals surface area contributed by atoms with Crippen LogP contribution in [0.5, 0.6) is 5.75 Å². The third-order valence-corrected chi connectivity index (χ3v) is 1.65. The van der Waals surface area contributed by atoms with E-state index in [4.69, 9.17) is 0 Å². The Morgan fingerprint density at radius 1 is 1.46 bits per heavy atom. The van der Waals surface area contributed by atoms with Gasteiger partial charge in [0.15, 0.2) is 0 Å². The van der Waals surface area contributed by atoms with Gasteiger partial charge >= 0.3 is 0 Å². The number of hydrogen-bond acceptors (Lipinski definition) is 4. The molecule has 4 nitrogen and oxygen atoms in total. The van der Waals surface area contributed by atoms with Gasteiger partial charge in [0.2, 0.25) is 0 Å². The van der Waals surface area contributed by atoms with E-state index in [1.54, 1.807) is 12.1 Å². The van der Waals surface area contributed by atoms with Crippen LogP contribution < -0.4 is 5.43 Å². The third-order valence-electron chi connectivity index (χ3n) is 1.65. The summed E-state index contributed by atoms with van der Waals surface area (Å²) in [6, 6.07) is 3.45. The Balaban J connectivity index is 2.70. The summed E-state index contributed by atoms with van der Waals surface area (Å²) in [5.41, 5.74) is 4.63. The van der Waals surface area contributed by atoms with E-state index in [9.17, 15) is 5.11 Å². The van der Waals surface area contributed by atoms with E-state index in [0.29, 0.717) is 12.2 Å². The number of aromatic nitrogens is 1. The number of nitrogens with zero attached hydrogens (tertiary/aromatic N) is 2. The second kappa shape index (κ2) is 4.20. The Kier molecular flexibility index (Phi) is 3.22. The highest BCUT2D eigenvalue weighted by molar-refractivity contribution is 5.27. The first-order chi connectivity index (χ1) is 6.09. The van der Waals surface area contributed by atoms with Crippen molar-refractivity contribution >= 4 is 0 Å². The SMILES string of the molecule is Cc1ccc(O)c(CNN(C)C)n1. The lowest BCUT2D eigenvalue weighted by Crippen LogP contribution is -2.30. The van der Waals surface area contributed by atoms with E-state index in [2.05, 4.69) is 10.4 Å². The van der Waals surface area contributed by atoms with Crippen molar-refractivity contribution in [3.63, 3.8) is 0 Å². The lowest BCUT2D eigenvalue weighted by Gasteiger charge is -2.12. The molecule has 0 bridgehead atoms. The first kappa shape index (κ1) is 9.95. The molecule has 0 aliphatic heterocycles. The molecular formula is C9H15N3O. The standard InChI is InChI=1S/C9H15N3O/c1-7-4-5-9(13)8(11-7)6-10-12(2)3/h4-5,10,13H,6H2,1-3H3. The molecule has 2 N–H and O–H groups in total. The molecule has 1 aromatic rings. The smallest absolute Gasteiger partial charge is 0.138 e. The van der Waals surface area contributed by atoms with Gasteiger partial charge in [-0.25, -0.2) is 5.43 Å². The summed E-state index contributed by atoms with van der Waals surface area (Å²) in [5.74, 6) is 0.236. The van der Waals surface area contributed by atoms with Crippen LogP contribution in [0.25, 0.3) is 0 Å². The number of aromatic hydroxyl groups is 1. The molecule has 13 heavy (non-hydrogen) atoms. The van der Waals surface area contributed by atoms with Gasteiger partial charge in [-0.05, 0) is 19.1 Å². The van der Waals surface area contributed by atoms with Crippen LogP contribution in [0.3, 0.4) is 0 Å². The highest BCUT2D eigenvalue weighted by atomic mass is 16.3. The highest BCUT2D eigenvalue weighted by Gasteiger charge is 2.02. The monoisotopic (exact) mass is 181 g/mol. The normalized spacial score (nSPS) is 10.8. The minimum atomic E-state index is 0.236. The van der Waals surface area contributed by atoms with Crippen LogP contribution in [0.2, 0.25) is 0 Å². The molecule has 0 saturated heterocycles. The minimum absolute atomic E-state index is 0.236. The summed E-state index contributed by atoms with van der Waals surface area (Å²) in [7, 11) is 3.79. The quantitative estimate of drug-likeness (QED) is 0.673. The van der Waals surface area contributed by atoms with E-state index >= 15 is 0 Å². The Bertz CT molecular complexity index is 286. The van der Waals surface area contributed by atoms with E-state index < -0.39 is 0 Å². The molecule has 0 saturated carbocycles. The second-order valence-electron chi connectivity index (χ2n) is 3.15. The molecule has 1 aromatic heterocycles. The van der Waals surface area contributed by atoms with Gasteiger partial charge < -0.3 is 5.11 Å². The lowest BCUT2D eigenvalue weighted by molar-refractivity contribution is 0.281. The summed E-state index contributed by atoms with van der Waals surface area (Å²) < 4.78 is 0. The zero-order valence-corrected chi connectivity index (χ0v) is 8.20. The molecule has 72 valence electrons. The molecule has 0 amide bonds. The van der Waals surface area contributed by atoms with Crippen LogP contribution in [-0.4, -0.2) is 29.2 Å². The average molecular weight is 181 g/mol. The van der Waals surface area contributed by atoms with Gasteiger partial charge in [-0.15, -0.1) is 0 Å². The molecule has 1 rings (SSSR count). The van der Waals surface area contributed by atoms with Crippen LogP contribution in [0.15, 0.2) is 12.1 Å². The van der Waals surface area contributed by atoms with E-state index in [1.165, 1.54) is 0 Å². The van der Waals surface area contributed by atoms with Gasteiger partial charge in [0.05, 0.1) is 12.2 Å². The molecule has 0 unspecified atom stereocenters. The van der Waals surface area contributed by atoms with Gasteiger partial charge in [0.1, 0.15) is 5.75 Å². The van der Waals surface area contributed by atoms with Crippen molar-refractivity contribution in [1.82, 2.24) is 15.4 Å². The Morgan fingerprint density at radius 2 is 2.15 bits per heavy atom. The Hall–Kier alpha value is -1.13. The summed E-state index contributed by atoms with van der Waals surface area (Å²) in [6.07, 6.45) is 0. The molecule has 0 aliphatic carbocycles. The van der Waals surface area contributed by atoms with Gasteiger partial charge in [0.25, 0.3) is 0 Å². The molecule has 0 fully saturated rings. The molecule has 0 radical (unpaired) electrons. The topological polar surface area (TPSA) is 48.4 Å². The fraction of sp³-hybridized carbons (Fsp3) is 0.444. The number of hydrogen-bond donors (Lipinski definition) is 2. The van der Waals surface area contributed by atoms with Crippen LogP contribution in [0.1, 0.15) is 11.4 Å². The van der Waals surface area contributed by atoms with Crippen molar-refractivity contribution < 1.29 is 5.11 Å². The van der Waals surface area contributed by atoms with E-state index in [-0.39, 0.29) is 5.75 Å². The molecule has 0 aromatic carbocycles. The number of rotatable bonds is 3. The largest absolute Gasteiger partial charge is 0.506 e. The maximum Gasteiger partial charge on any atom is 0.138 e. The first-order valence-electron chi connectivity index (χ1n) is 4.16. The minimum Gasteiger partial charge on any atom is -0.506 e. The van der Waals surface area contributed by atoms with Crippen LogP contribution >= 0.6 is 0 Å². The average Bonchev–Trinajstić information content (AvgIpc) is 2.06. The fourth-order valence-electron chi connectivity index (χ4n) is 0.966. The predicted molar refractivity (Wildman–Crippen MR) is 51.2 cm³/mol. The van der Waals surface area contributed by atoms with Crippen molar-refractivity contribution in [2.45, 2.75) is 13.5 Å². The second-order valence-corrected chi connectivity index (χ2v) is 3.15. The van der Waals surface area contributed by atoms with Crippen LogP contribution in [-0.2, 0) is 6.54 Å². The Labute approximate surface area is 78.2 Å². The molecule has 0 spiro atoms. The Morgan fingerprint density at radius 3 is 2.77 bits per heavy atom. The predicted octanol–water partition coefficient (Wildman–Crippen LogP) is 0.662. The van der Waals surface area contributed by atoms with Crippen molar-refractivity contribution in [3.8, 4) is 5.75 Å². The molecule has 0 aliphatic rings. The van der Waals surface area contributed by atoms with Gasteiger partial charge in [-0.2, -0.15) is 0 Å². The van der Waals surface area contributed by atoms with Crippen molar-refractivity contribution in [3.05, 3.63) is 23.5 Å². The number of hydrazine groups is 1. The van der Waals surface area contributed by atoms with Crippen molar-refractivity contribution in [2.24, 2.45) is 0 Å². The van der Waals surface area contributed by atoms with Crippen molar-refractivity contribution in [2.75, 3.05) is 14.1 Å². The van der Waals surface area contributed by atoms with E-state index in [1.807, 2.05) is 26.0 Å². The molecule has 1 heterocycles. The number of nitrogens with one attached hydrogen (secondary N) is 1. The molecule has 4 heteroatoms. The van der Waals surface area contributed by atoms with Crippen LogP contribution in [0.4, 0.5) is 0 Å². The molecular weight excluding hydrogens is 166 g/mol. The summed E-state index contributed by atoms with van der Waals surface area (Å²) in [4.78, 5) is 4.21. The summed E-state index contributed by atoms with van der Waals surface area (Å²) in [5, 5.41) is 11.2. The van der Waals surface area contributed by atoms with Crippen molar-refractivity contribution in [1.29, 1.82) is 0 Å².